The van der Waals surface area contributed by atoms with Gasteiger partial charge in [0.15, 0.2) is 0 Å². The molecular formula is C40H25N5. The minimum Gasteiger partial charge on any atom is -0.294 e. The zero-order chi connectivity index (χ0) is 29.5. The normalized spacial score (nSPS) is 12.0. The summed E-state index contributed by atoms with van der Waals surface area (Å²) in [6.45, 7) is 0. The Kier molecular flexibility index (Phi) is 4.93. The van der Waals surface area contributed by atoms with Gasteiger partial charge in [-0.05, 0) is 54.6 Å². The maximum Gasteiger partial charge on any atom is 0.235 e. The molecule has 210 valence electrons. The zero-order valence-corrected chi connectivity index (χ0v) is 24.2. The molecule has 5 heteroatoms. The van der Waals surface area contributed by atoms with Crippen LogP contribution in [0.5, 0.6) is 0 Å². The second-order valence-electron chi connectivity index (χ2n) is 11.5. The van der Waals surface area contributed by atoms with Crippen molar-refractivity contribution < 1.29 is 0 Å². The highest BCUT2D eigenvalue weighted by atomic mass is 15.2. The third-order valence-electron chi connectivity index (χ3n) is 9.04. The van der Waals surface area contributed by atoms with Crippen molar-refractivity contribution in [2.24, 2.45) is 0 Å². The molecule has 4 heterocycles. The third-order valence-corrected chi connectivity index (χ3v) is 9.04. The van der Waals surface area contributed by atoms with Crippen molar-refractivity contribution in [1.82, 2.24) is 23.5 Å². The van der Waals surface area contributed by atoms with E-state index < -0.39 is 0 Å². The summed E-state index contributed by atoms with van der Waals surface area (Å²) >= 11 is 0. The van der Waals surface area contributed by atoms with Crippen LogP contribution in [-0.2, 0) is 0 Å². The van der Waals surface area contributed by atoms with Crippen molar-refractivity contribution in [3.05, 3.63) is 152 Å². The topological polar surface area (TPSA) is 40.0 Å². The van der Waals surface area contributed by atoms with Gasteiger partial charge in [0.05, 0.1) is 38.8 Å². The minimum atomic E-state index is 0.665. The summed E-state index contributed by atoms with van der Waals surface area (Å²) in [7, 11) is 0. The Morgan fingerprint density at radius 2 is 1.09 bits per heavy atom. The number of rotatable bonds is 3. The van der Waals surface area contributed by atoms with E-state index >= 15 is 0 Å². The van der Waals surface area contributed by atoms with Crippen molar-refractivity contribution in [2.45, 2.75) is 0 Å². The summed E-state index contributed by atoms with van der Waals surface area (Å²) in [5.74, 6) is 0.665. The first-order chi connectivity index (χ1) is 22.3. The molecule has 4 aromatic heterocycles. The fourth-order valence-electron chi connectivity index (χ4n) is 7.09. The predicted molar refractivity (Wildman–Crippen MR) is 185 cm³/mol. The molecule has 0 aliphatic heterocycles. The van der Waals surface area contributed by atoms with Gasteiger partial charge in [-0.1, -0.05) is 97.1 Å². The van der Waals surface area contributed by atoms with Crippen LogP contribution in [0.15, 0.2) is 152 Å². The second kappa shape index (κ2) is 9.15. The van der Waals surface area contributed by atoms with Crippen LogP contribution in [0.25, 0.3) is 83.2 Å². The molecule has 0 fully saturated rings. The first-order valence-electron chi connectivity index (χ1n) is 15.2. The predicted octanol–water partition coefficient (Wildman–Crippen LogP) is 9.74. The van der Waals surface area contributed by atoms with E-state index in [9.17, 15) is 0 Å². The number of para-hydroxylation sites is 5. The fourth-order valence-corrected chi connectivity index (χ4v) is 7.09. The molecule has 0 aliphatic carbocycles. The Morgan fingerprint density at radius 3 is 1.96 bits per heavy atom. The number of fused-ring (bicyclic) bond motifs is 9. The van der Waals surface area contributed by atoms with Crippen LogP contribution in [0.4, 0.5) is 0 Å². The van der Waals surface area contributed by atoms with Gasteiger partial charge in [0, 0.05) is 32.8 Å². The van der Waals surface area contributed by atoms with Gasteiger partial charge in [-0.2, -0.15) is 0 Å². The van der Waals surface area contributed by atoms with E-state index in [4.69, 9.17) is 9.97 Å². The van der Waals surface area contributed by atoms with E-state index in [2.05, 4.69) is 153 Å². The van der Waals surface area contributed by atoms with Gasteiger partial charge in [-0.3, -0.25) is 13.5 Å². The van der Waals surface area contributed by atoms with Crippen LogP contribution in [0.2, 0.25) is 0 Å². The lowest BCUT2D eigenvalue weighted by Gasteiger charge is -2.12. The van der Waals surface area contributed by atoms with Crippen molar-refractivity contribution in [3.63, 3.8) is 0 Å². The molecule has 5 nitrogen and oxygen atoms in total. The van der Waals surface area contributed by atoms with E-state index in [1.807, 2.05) is 12.1 Å². The molecule has 0 radical (unpaired) electrons. The molecule has 0 bridgehead atoms. The molecule has 0 N–H and O–H groups in total. The van der Waals surface area contributed by atoms with Gasteiger partial charge >= 0.3 is 0 Å². The summed E-state index contributed by atoms with van der Waals surface area (Å²) in [6.07, 6.45) is 0. The molecule has 0 saturated carbocycles. The van der Waals surface area contributed by atoms with E-state index in [-0.39, 0.29) is 0 Å². The molecule has 45 heavy (non-hydrogen) atoms. The Bertz CT molecular complexity index is 2760. The number of benzene rings is 6. The van der Waals surface area contributed by atoms with E-state index in [1.165, 1.54) is 27.3 Å². The third kappa shape index (κ3) is 3.43. The maximum atomic E-state index is 5.24. The van der Waals surface area contributed by atoms with Gasteiger partial charge in [0.1, 0.15) is 5.65 Å². The maximum absolute atomic E-state index is 5.24. The molecule has 0 amide bonds. The van der Waals surface area contributed by atoms with Crippen LogP contribution >= 0.6 is 0 Å². The van der Waals surface area contributed by atoms with Crippen molar-refractivity contribution in [3.8, 4) is 22.9 Å². The van der Waals surface area contributed by atoms with Gasteiger partial charge < -0.3 is 0 Å². The molecule has 0 atom stereocenters. The molecular weight excluding hydrogens is 550 g/mol. The molecule has 6 aromatic carbocycles. The van der Waals surface area contributed by atoms with Gasteiger partial charge in [-0.25, -0.2) is 9.97 Å². The standard InChI is InChI=1S/C40H25N5/c1-2-12-26(13-3-1)39-30-16-5-7-17-32(30)41-40(42-39)45-34-19-9-6-15-29(34)31-25-28(22-23-35(31)45)43-36-20-10-11-21-37(36)44-33-18-8-4-14-27(33)24-38(43)44/h1-25H. The highest BCUT2D eigenvalue weighted by molar-refractivity contribution is 6.10. The van der Waals surface area contributed by atoms with Crippen molar-refractivity contribution in [2.75, 3.05) is 0 Å². The number of imidazole rings is 1. The van der Waals surface area contributed by atoms with Gasteiger partial charge in [-0.15, -0.1) is 0 Å². The van der Waals surface area contributed by atoms with E-state index in [0.29, 0.717) is 5.95 Å². The zero-order valence-electron chi connectivity index (χ0n) is 24.2. The van der Waals surface area contributed by atoms with Crippen molar-refractivity contribution in [1.29, 1.82) is 0 Å². The Morgan fingerprint density at radius 1 is 0.422 bits per heavy atom. The van der Waals surface area contributed by atoms with E-state index in [0.717, 1.165) is 49.9 Å². The average Bonchev–Trinajstić information content (AvgIpc) is 3.75. The smallest absolute Gasteiger partial charge is 0.235 e. The van der Waals surface area contributed by atoms with Crippen LogP contribution in [-0.4, -0.2) is 23.5 Å². The summed E-state index contributed by atoms with van der Waals surface area (Å²) < 4.78 is 6.95. The van der Waals surface area contributed by atoms with Gasteiger partial charge in [0.25, 0.3) is 0 Å². The first kappa shape index (κ1) is 24.3. The SMILES string of the molecule is c1ccc(-c2nc(-n3c4ccccc4c4cc(-n5c6ccccc6n6c7ccccc7cc56)ccc43)nc3ccccc23)cc1. The molecule has 0 aliphatic rings. The van der Waals surface area contributed by atoms with Gasteiger partial charge in [0.2, 0.25) is 5.95 Å². The largest absolute Gasteiger partial charge is 0.294 e. The number of hydrogen-bond donors (Lipinski definition) is 0. The monoisotopic (exact) mass is 575 g/mol. The Labute approximate surface area is 257 Å². The summed E-state index contributed by atoms with van der Waals surface area (Å²) in [6, 6.07) is 53.5. The van der Waals surface area contributed by atoms with Crippen LogP contribution in [0.3, 0.4) is 0 Å². The number of nitrogens with zero attached hydrogens (tertiary/aromatic N) is 5. The fraction of sp³-hybridized carbons (Fsp3) is 0. The molecule has 0 spiro atoms. The molecule has 10 aromatic rings. The van der Waals surface area contributed by atoms with Crippen LogP contribution < -0.4 is 0 Å². The summed E-state index contributed by atoms with van der Waals surface area (Å²) in [5, 5.41) is 4.60. The summed E-state index contributed by atoms with van der Waals surface area (Å²) in [4.78, 5) is 10.4. The second-order valence-corrected chi connectivity index (χ2v) is 11.5. The lowest BCUT2D eigenvalue weighted by atomic mass is 10.1. The van der Waals surface area contributed by atoms with Crippen LogP contribution in [0, 0.1) is 0 Å². The number of aromatic nitrogens is 5. The molecule has 0 saturated heterocycles. The first-order valence-corrected chi connectivity index (χ1v) is 15.2. The summed E-state index contributed by atoms with van der Waals surface area (Å²) in [5.41, 5.74) is 10.9. The lowest BCUT2D eigenvalue weighted by Crippen LogP contribution is -2.03. The minimum absolute atomic E-state index is 0.665. The highest BCUT2D eigenvalue weighted by Crippen LogP contribution is 2.37. The molecule has 0 unspecified atom stereocenters. The quantitative estimate of drug-likeness (QED) is 0.210. The van der Waals surface area contributed by atoms with Crippen LogP contribution in [0.1, 0.15) is 0 Å². The Balaban J connectivity index is 1.27. The Hall–Kier alpha value is -6.20. The number of hydrogen-bond acceptors (Lipinski definition) is 2. The molecule has 10 rings (SSSR count). The average molecular weight is 576 g/mol. The van der Waals surface area contributed by atoms with E-state index in [1.54, 1.807) is 0 Å². The highest BCUT2D eigenvalue weighted by Gasteiger charge is 2.20. The lowest BCUT2D eigenvalue weighted by molar-refractivity contribution is 1.01. The van der Waals surface area contributed by atoms with Crippen molar-refractivity contribution >= 4 is 60.3 Å².